The van der Waals surface area contributed by atoms with Crippen LogP contribution in [0.25, 0.3) is 11.0 Å². The molecule has 0 unspecified atom stereocenters. The molecule has 8 heteroatoms. The van der Waals surface area contributed by atoms with Crippen LogP contribution in [0.3, 0.4) is 0 Å². The molecule has 1 fully saturated rings. The van der Waals surface area contributed by atoms with Crippen molar-refractivity contribution in [3.8, 4) is 0 Å². The molecule has 4 rings (SSSR count). The Morgan fingerprint density at radius 1 is 1.03 bits per heavy atom. The van der Waals surface area contributed by atoms with Crippen LogP contribution in [0.5, 0.6) is 0 Å². The van der Waals surface area contributed by atoms with Crippen molar-refractivity contribution < 1.29 is 14.3 Å². The smallest absolute Gasteiger partial charge is 0.323 e. The fraction of sp³-hybridized carbons (Fsp3) is 0.286. The second-order valence-electron chi connectivity index (χ2n) is 7.13. The van der Waals surface area contributed by atoms with E-state index in [0.29, 0.717) is 54.2 Å². The minimum absolute atomic E-state index is 0.0682. The van der Waals surface area contributed by atoms with E-state index >= 15 is 0 Å². The molecule has 0 atom stereocenters. The Morgan fingerprint density at radius 2 is 1.69 bits per heavy atom. The molecule has 2 aromatic carbocycles. The van der Waals surface area contributed by atoms with E-state index in [9.17, 15) is 14.4 Å². The minimum Gasteiger partial charge on any atom is -0.378 e. The SMILES string of the molecule is Cc1cc2[nH]c(=O)[nH]c2c(NC(=O)c2ccc(C(=O)N3CCOCC3)cc2)c1C. The molecule has 0 aliphatic carbocycles. The first-order valence-corrected chi connectivity index (χ1v) is 9.44. The van der Waals surface area contributed by atoms with Crippen molar-refractivity contribution >= 4 is 28.5 Å². The number of carbonyl (C=O) groups is 2. The number of anilines is 1. The van der Waals surface area contributed by atoms with Crippen molar-refractivity contribution in [1.29, 1.82) is 0 Å². The van der Waals surface area contributed by atoms with Gasteiger partial charge in [-0.25, -0.2) is 4.79 Å². The maximum atomic E-state index is 12.8. The van der Waals surface area contributed by atoms with Gasteiger partial charge in [-0.3, -0.25) is 9.59 Å². The highest BCUT2D eigenvalue weighted by molar-refractivity contribution is 6.09. The topological polar surface area (TPSA) is 107 Å². The third-order valence-electron chi connectivity index (χ3n) is 5.26. The van der Waals surface area contributed by atoms with Crippen LogP contribution in [0.2, 0.25) is 0 Å². The van der Waals surface area contributed by atoms with Crippen molar-refractivity contribution in [2.24, 2.45) is 0 Å². The van der Waals surface area contributed by atoms with Crippen LogP contribution in [0, 0.1) is 13.8 Å². The first kappa shape index (κ1) is 18.9. The maximum Gasteiger partial charge on any atom is 0.323 e. The number of amides is 2. The molecular weight excluding hydrogens is 372 g/mol. The Hall–Kier alpha value is -3.39. The minimum atomic E-state index is -0.327. The van der Waals surface area contributed by atoms with Gasteiger partial charge in [-0.2, -0.15) is 0 Å². The average molecular weight is 394 g/mol. The molecule has 2 heterocycles. The van der Waals surface area contributed by atoms with Crippen LogP contribution in [-0.2, 0) is 4.74 Å². The van der Waals surface area contributed by atoms with Gasteiger partial charge in [-0.15, -0.1) is 0 Å². The zero-order valence-corrected chi connectivity index (χ0v) is 16.3. The van der Waals surface area contributed by atoms with Crippen molar-refractivity contribution in [3.05, 3.63) is 63.1 Å². The monoisotopic (exact) mass is 394 g/mol. The van der Waals surface area contributed by atoms with Crippen molar-refractivity contribution in [2.75, 3.05) is 31.6 Å². The van der Waals surface area contributed by atoms with Crippen LogP contribution >= 0.6 is 0 Å². The van der Waals surface area contributed by atoms with Crippen molar-refractivity contribution in [2.45, 2.75) is 13.8 Å². The number of nitrogens with one attached hydrogen (secondary N) is 3. The predicted molar refractivity (Wildman–Crippen MR) is 110 cm³/mol. The van der Waals surface area contributed by atoms with Crippen molar-refractivity contribution in [1.82, 2.24) is 14.9 Å². The van der Waals surface area contributed by atoms with Crippen LogP contribution in [0.4, 0.5) is 5.69 Å². The number of hydrogen-bond acceptors (Lipinski definition) is 4. The summed E-state index contributed by atoms with van der Waals surface area (Å²) in [6.07, 6.45) is 0. The molecule has 2 amide bonds. The Labute approximate surface area is 166 Å². The van der Waals surface area contributed by atoms with Gasteiger partial charge in [-0.05, 0) is 55.3 Å². The number of aryl methyl sites for hydroxylation is 1. The number of rotatable bonds is 3. The van der Waals surface area contributed by atoms with E-state index in [4.69, 9.17) is 4.74 Å². The lowest BCUT2D eigenvalue weighted by Gasteiger charge is -2.26. The number of nitrogens with zero attached hydrogens (tertiary/aromatic N) is 1. The number of morpholine rings is 1. The number of ether oxygens (including phenoxy) is 1. The largest absolute Gasteiger partial charge is 0.378 e. The lowest BCUT2D eigenvalue weighted by atomic mass is 10.1. The molecule has 3 N–H and O–H groups in total. The molecule has 0 radical (unpaired) electrons. The Bertz CT molecular complexity index is 1140. The highest BCUT2D eigenvalue weighted by Crippen LogP contribution is 2.27. The van der Waals surface area contributed by atoms with E-state index in [0.717, 1.165) is 11.1 Å². The van der Waals surface area contributed by atoms with E-state index < -0.39 is 0 Å². The second kappa shape index (κ2) is 7.56. The van der Waals surface area contributed by atoms with Crippen LogP contribution in [0.15, 0.2) is 35.1 Å². The van der Waals surface area contributed by atoms with Gasteiger partial charge in [0.05, 0.1) is 29.9 Å². The highest BCUT2D eigenvalue weighted by atomic mass is 16.5. The molecule has 3 aromatic rings. The molecule has 0 bridgehead atoms. The Kier molecular flexibility index (Phi) is 4.94. The van der Waals surface area contributed by atoms with Gasteiger partial charge in [0.1, 0.15) is 0 Å². The summed E-state index contributed by atoms with van der Waals surface area (Å²) >= 11 is 0. The number of carbonyl (C=O) groups excluding carboxylic acids is 2. The first-order valence-electron chi connectivity index (χ1n) is 9.44. The molecule has 1 aliphatic rings. The molecule has 1 saturated heterocycles. The molecule has 8 nitrogen and oxygen atoms in total. The van der Waals surface area contributed by atoms with E-state index in [1.807, 2.05) is 19.9 Å². The lowest BCUT2D eigenvalue weighted by Crippen LogP contribution is -2.40. The number of benzene rings is 2. The van der Waals surface area contributed by atoms with Gasteiger partial charge in [0, 0.05) is 24.2 Å². The van der Waals surface area contributed by atoms with E-state index in [1.54, 1.807) is 29.2 Å². The molecule has 0 saturated carbocycles. The van der Waals surface area contributed by atoms with Crippen molar-refractivity contribution in [3.63, 3.8) is 0 Å². The van der Waals surface area contributed by atoms with E-state index in [2.05, 4.69) is 15.3 Å². The molecule has 29 heavy (non-hydrogen) atoms. The number of imidazole rings is 1. The number of H-pyrrole nitrogens is 2. The Morgan fingerprint density at radius 3 is 2.38 bits per heavy atom. The quantitative estimate of drug-likeness (QED) is 0.633. The summed E-state index contributed by atoms with van der Waals surface area (Å²) in [5.74, 6) is -0.381. The summed E-state index contributed by atoms with van der Waals surface area (Å²) in [7, 11) is 0. The fourth-order valence-electron chi connectivity index (χ4n) is 3.47. The third kappa shape index (κ3) is 3.66. The third-order valence-corrected chi connectivity index (χ3v) is 5.26. The molecule has 1 aromatic heterocycles. The summed E-state index contributed by atoms with van der Waals surface area (Å²) in [6.45, 7) is 6.02. The van der Waals surface area contributed by atoms with Crippen LogP contribution in [0.1, 0.15) is 31.8 Å². The molecule has 0 spiro atoms. The van der Waals surface area contributed by atoms with E-state index in [1.165, 1.54) is 0 Å². The Balaban J connectivity index is 1.56. The normalized spacial score (nSPS) is 14.2. The summed E-state index contributed by atoms with van der Waals surface area (Å²) < 4.78 is 5.27. The van der Waals surface area contributed by atoms with Crippen LogP contribution < -0.4 is 11.0 Å². The van der Waals surface area contributed by atoms with E-state index in [-0.39, 0.29) is 17.5 Å². The first-order chi connectivity index (χ1) is 13.9. The van der Waals surface area contributed by atoms with Gasteiger partial charge in [0.25, 0.3) is 11.8 Å². The van der Waals surface area contributed by atoms with Gasteiger partial charge < -0.3 is 24.9 Å². The number of hydrogen-bond donors (Lipinski definition) is 3. The number of aromatic nitrogens is 2. The maximum absolute atomic E-state index is 12.8. The zero-order chi connectivity index (χ0) is 20.5. The molecule has 1 aliphatic heterocycles. The van der Waals surface area contributed by atoms with Crippen LogP contribution in [-0.4, -0.2) is 53.0 Å². The van der Waals surface area contributed by atoms with Gasteiger partial charge in [0.2, 0.25) is 0 Å². The zero-order valence-electron chi connectivity index (χ0n) is 16.3. The van der Waals surface area contributed by atoms with Gasteiger partial charge in [0.15, 0.2) is 0 Å². The summed E-state index contributed by atoms with van der Waals surface area (Å²) in [5, 5.41) is 2.89. The number of fused-ring (bicyclic) bond motifs is 1. The summed E-state index contributed by atoms with van der Waals surface area (Å²) in [6, 6.07) is 8.44. The fourth-order valence-corrected chi connectivity index (χ4v) is 3.47. The standard InChI is InChI=1S/C21H22N4O4/c1-12-11-16-18(24-21(28)22-16)17(13(12)2)23-19(26)14-3-5-15(6-4-14)20(27)25-7-9-29-10-8-25/h3-6,11H,7-10H2,1-2H3,(H,23,26)(H2,22,24,28). The average Bonchev–Trinajstić information content (AvgIpc) is 3.11. The molecular formula is C21H22N4O4. The summed E-state index contributed by atoms with van der Waals surface area (Å²) in [5.41, 5.74) is 4.23. The molecule has 150 valence electrons. The second-order valence-corrected chi connectivity index (χ2v) is 7.13. The summed E-state index contributed by atoms with van der Waals surface area (Å²) in [4.78, 5) is 44.2. The highest BCUT2D eigenvalue weighted by Gasteiger charge is 2.19. The predicted octanol–water partition coefficient (Wildman–Crippen LogP) is 2.20. The number of aromatic amines is 2. The van der Waals surface area contributed by atoms with Gasteiger partial charge in [-0.1, -0.05) is 0 Å². The lowest BCUT2D eigenvalue weighted by molar-refractivity contribution is 0.0303. The van der Waals surface area contributed by atoms with Gasteiger partial charge >= 0.3 is 5.69 Å².